The molecular weight excluding hydrogens is 182 g/mol. The molecular formula is C10H17NO3. The van der Waals surface area contributed by atoms with E-state index in [0.717, 1.165) is 31.6 Å². The van der Waals surface area contributed by atoms with Crippen LogP contribution in [0, 0.1) is 5.92 Å². The summed E-state index contributed by atoms with van der Waals surface area (Å²) in [7, 11) is 1.21. The van der Waals surface area contributed by atoms with Gasteiger partial charge in [0.2, 0.25) is 0 Å². The minimum atomic E-state index is -0.802. The molecule has 1 rings (SSSR count). The average molecular weight is 199 g/mol. The lowest BCUT2D eigenvalue weighted by Crippen LogP contribution is -2.41. The molecule has 4 heteroatoms. The molecule has 14 heavy (non-hydrogen) atoms. The summed E-state index contributed by atoms with van der Waals surface area (Å²) in [5.74, 6) is -0.683. The molecule has 0 spiro atoms. The Morgan fingerprint density at radius 3 is 2.29 bits per heavy atom. The Balaban J connectivity index is 2.31. The van der Waals surface area contributed by atoms with E-state index in [-0.39, 0.29) is 6.04 Å². The SMILES string of the molecule is COC(=O)C(=O)NC1CCC(C)CC1. The van der Waals surface area contributed by atoms with Gasteiger partial charge in [0.25, 0.3) is 0 Å². The monoisotopic (exact) mass is 199 g/mol. The quantitative estimate of drug-likeness (QED) is 0.503. The Morgan fingerprint density at radius 1 is 1.21 bits per heavy atom. The van der Waals surface area contributed by atoms with E-state index in [1.54, 1.807) is 0 Å². The normalized spacial score (nSPS) is 26.7. The van der Waals surface area contributed by atoms with Gasteiger partial charge in [-0.25, -0.2) is 4.79 Å². The zero-order chi connectivity index (χ0) is 10.6. The zero-order valence-corrected chi connectivity index (χ0v) is 8.71. The highest BCUT2D eigenvalue weighted by atomic mass is 16.5. The van der Waals surface area contributed by atoms with Crippen molar-refractivity contribution in [3.05, 3.63) is 0 Å². The van der Waals surface area contributed by atoms with Gasteiger partial charge in [0.15, 0.2) is 0 Å². The first-order chi connectivity index (χ1) is 6.63. The number of nitrogens with one attached hydrogen (secondary N) is 1. The van der Waals surface area contributed by atoms with Crippen LogP contribution in [0.1, 0.15) is 32.6 Å². The van der Waals surface area contributed by atoms with Crippen LogP contribution in [-0.2, 0) is 14.3 Å². The highest BCUT2D eigenvalue weighted by Gasteiger charge is 2.22. The summed E-state index contributed by atoms with van der Waals surface area (Å²) >= 11 is 0. The fraction of sp³-hybridized carbons (Fsp3) is 0.800. The van der Waals surface area contributed by atoms with Crippen molar-refractivity contribution in [2.24, 2.45) is 5.92 Å². The van der Waals surface area contributed by atoms with Crippen LogP contribution in [0.5, 0.6) is 0 Å². The van der Waals surface area contributed by atoms with Gasteiger partial charge in [0.1, 0.15) is 0 Å². The summed E-state index contributed by atoms with van der Waals surface area (Å²) in [6.07, 6.45) is 4.16. The van der Waals surface area contributed by atoms with Crippen LogP contribution in [0.4, 0.5) is 0 Å². The molecule has 4 nitrogen and oxygen atoms in total. The Morgan fingerprint density at radius 2 is 1.79 bits per heavy atom. The Kier molecular flexibility index (Phi) is 3.92. The third kappa shape index (κ3) is 3.01. The number of carbonyl (C=O) groups excluding carboxylic acids is 2. The first kappa shape index (κ1) is 11.0. The van der Waals surface area contributed by atoms with Gasteiger partial charge in [-0.05, 0) is 31.6 Å². The number of methoxy groups -OCH3 is 1. The summed E-state index contributed by atoms with van der Waals surface area (Å²) in [6, 6.07) is 0.151. The maximum absolute atomic E-state index is 11.1. The number of hydrogen-bond donors (Lipinski definition) is 1. The van der Waals surface area contributed by atoms with E-state index in [1.807, 2.05) is 0 Å². The third-order valence-corrected chi connectivity index (χ3v) is 2.72. The summed E-state index contributed by atoms with van der Waals surface area (Å²) < 4.78 is 4.32. The highest BCUT2D eigenvalue weighted by Crippen LogP contribution is 2.23. The Bertz CT molecular complexity index is 219. The first-order valence-corrected chi connectivity index (χ1v) is 5.02. The van der Waals surface area contributed by atoms with E-state index < -0.39 is 11.9 Å². The molecule has 0 unspecified atom stereocenters. The largest absolute Gasteiger partial charge is 0.462 e. The van der Waals surface area contributed by atoms with E-state index in [0.29, 0.717) is 0 Å². The second kappa shape index (κ2) is 4.98. The second-order valence-electron chi connectivity index (χ2n) is 3.92. The van der Waals surface area contributed by atoms with Gasteiger partial charge >= 0.3 is 11.9 Å². The minimum absolute atomic E-state index is 0.151. The number of amides is 1. The molecule has 1 amide bonds. The average Bonchev–Trinajstić information content (AvgIpc) is 2.20. The summed E-state index contributed by atoms with van der Waals surface area (Å²) in [5.41, 5.74) is 0. The molecule has 1 aliphatic rings. The van der Waals surface area contributed by atoms with Gasteiger partial charge in [0.05, 0.1) is 7.11 Å². The molecule has 0 atom stereocenters. The van der Waals surface area contributed by atoms with Crippen molar-refractivity contribution in [2.45, 2.75) is 38.6 Å². The lowest BCUT2D eigenvalue weighted by Gasteiger charge is -2.26. The third-order valence-electron chi connectivity index (χ3n) is 2.72. The van der Waals surface area contributed by atoms with Crippen molar-refractivity contribution in [1.82, 2.24) is 5.32 Å². The molecule has 0 aromatic carbocycles. The van der Waals surface area contributed by atoms with Gasteiger partial charge < -0.3 is 10.1 Å². The van der Waals surface area contributed by atoms with Crippen LogP contribution in [0.15, 0.2) is 0 Å². The van der Waals surface area contributed by atoms with Gasteiger partial charge in [0, 0.05) is 6.04 Å². The maximum atomic E-state index is 11.1. The van der Waals surface area contributed by atoms with Crippen molar-refractivity contribution >= 4 is 11.9 Å². The van der Waals surface area contributed by atoms with Crippen molar-refractivity contribution < 1.29 is 14.3 Å². The first-order valence-electron chi connectivity index (χ1n) is 5.02. The molecule has 0 aliphatic heterocycles. The van der Waals surface area contributed by atoms with Crippen LogP contribution in [-0.4, -0.2) is 25.0 Å². The van der Waals surface area contributed by atoms with Crippen LogP contribution < -0.4 is 5.32 Å². The Labute approximate surface area is 84.0 Å². The zero-order valence-electron chi connectivity index (χ0n) is 8.71. The summed E-state index contributed by atoms with van der Waals surface area (Å²) in [5, 5.41) is 2.68. The molecule has 0 heterocycles. The number of esters is 1. The van der Waals surface area contributed by atoms with E-state index in [9.17, 15) is 9.59 Å². The van der Waals surface area contributed by atoms with Crippen LogP contribution in [0.2, 0.25) is 0 Å². The summed E-state index contributed by atoms with van der Waals surface area (Å²) in [6.45, 7) is 2.21. The Hall–Kier alpha value is -1.06. The van der Waals surface area contributed by atoms with Crippen molar-refractivity contribution in [1.29, 1.82) is 0 Å². The van der Waals surface area contributed by atoms with E-state index in [1.165, 1.54) is 7.11 Å². The molecule has 0 bridgehead atoms. The fourth-order valence-electron chi connectivity index (χ4n) is 1.74. The molecule has 0 aromatic rings. The van der Waals surface area contributed by atoms with Crippen molar-refractivity contribution in [2.75, 3.05) is 7.11 Å². The molecule has 0 radical (unpaired) electrons. The predicted octanol–water partition coefficient (Wildman–Crippen LogP) is 0.854. The molecule has 80 valence electrons. The van der Waals surface area contributed by atoms with E-state index >= 15 is 0 Å². The van der Waals surface area contributed by atoms with Crippen LogP contribution in [0.25, 0.3) is 0 Å². The molecule has 1 aliphatic carbocycles. The lowest BCUT2D eigenvalue weighted by atomic mass is 9.87. The lowest BCUT2D eigenvalue weighted by molar-refractivity contribution is -0.153. The van der Waals surface area contributed by atoms with Crippen molar-refractivity contribution in [3.8, 4) is 0 Å². The maximum Gasteiger partial charge on any atom is 0.396 e. The van der Waals surface area contributed by atoms with Crippen molar-refractivity contribution in [3.63, 3.8) is 0 Å². The number of carbonyl (C=O) groups is 2. The second-order valence-corrected chi connectivity index (χ2v) is 3.92. The van der Waals surface area contributed by atoms with Gasteiger partial charge in [-0.15, -0.1) is 0 Å². The van der Waals surface area contributed by atoms with Gasteiger partial charge in [-0.1, -0.05) is 6.92 Å². The number of rotatable bonds is 1. The summed E-state index contributed by atoms with van der Waals surface area (Å²) in [4.78, 5) is 22.0. The number of ether oxygens (including phenoxy) is 1. The topological polar surface area (TPSA) is 55.4 Å². The standard InChI is InChI=1S/C10H17NO3/c1-7-3-5-8(6-4-7)11-9(12)10(13)14-2/h7-8H,3-6H2,1-2H3,(H,11,12). The molecule has 0 aromatic heterocycles. The molecule has 0 saturated heterocycles. The molecule has 1 saturated carbocycles. The molecule has 1 fully saturated rings. The minimum Gasteiger partial charge on any atom is -0.462 e. The van der Waals surface area contributed by atoms with Gasteiger partial charge in [-0.2, -0.15) is 0 Å². The number of hydrogen-bond acceptors (Lipinski definition) is 3. The highest BCUT2D eigenvalue weighted by molar-refractivity contribution is 6.32. The smallest absolute Gasteiger partial charge is 0.396 e. The fourth-order valence-corrected chi connectivity index (χ4v) is 1.74. The van der Waals surface area contributed by atoms with Crippen LogP contribution in [0.3, 0.4) is 0 Å². The molecule has 1 N–H and O–H groups in total. The predicted molar refractivity (Wildman–Crippen MR) is 51.6 cm³/mol. The van der Waals surface area contributed by atoms with E-state index in [2.05, 4.69) is 17.0 Å². The van der Waals surface area contributed by atoms with Crippen LogP contribution >= 0.6 is 0 Å². The van der Waals surface area contributed by atoms with E-state index in [4.69, 9.17) is 0 Å². The van der Waals surface area contributed by atoms with Gasteiger partial charge in [-0.3, -0.25) is 4.79 Å².